The monoisotopic (exact) mass is 209 g/mol. The number of likely N-dealkylation sites (N-methyl/N-ethyl adjacent to an activating group) is 1. The van der Waals surface area contributed by atoms with Crippen LogP contribution in [0.5, 0.6) is 0 Å². The summed E-state index contributed by atoms with van der Waals surface area (Å²) in [5.41, 5.74) is 0. The lowest BCUT2D eigenvalue weighted by Gasteiger charge is -2.19. The lowest BCUT2D eigenvalue weighted by atomic mass is 10.2. The van der Waals surface area contributed by atoms with E-state index >= 15 is 0 Å². The summed E-state index contributed by atoms with van der Waals surface area (Å²) in [6, 6.07) is 3.68. The third-order valence-electron chi connectivity index (χ3n) is 2.55. The summed E-state index contributed by atoms with van der Waals surface area (Å²) in [5.74, 6) is 0.841. The Bertz CT molecular complexity index is 315. The molecule has 4 heteroatoms. The molecule has 82 valence electrons. The van der Waals surface area contributed by atoms with E-state index in [4.69, 9.17) is 9.15 Å². The van der Waals surface area contributed by atoms with Crippen LogP contribution < -0.4 is 0 Å². The molecule has 0 N–H and O–H groups in total. The van der Waals surface area contributed by atoms with Gasteiger partial charge in [-0.2, -0.15) is 0 Å². The van der Waals surface area contributed by atoms with Crippen molar-refractivity contribution in [3.63, 3.8) is 0 Å². The van der Waals surface area contributed by atoms with E-state index in [0.717, 1.165) is 18.6 Å². The Kier molecular flexibility index (Phi) is 3.06. The highest BCUT2D eigenvalue weighted by Crippen LogP contribution is 2.15. The smallest absolute Gasteiger partial charge is 0.251 e. The molecular formula is C11H15NO3. The van der Waals surface area contributed by atoms with Crippen LogP contribution in [0.25, 0.3) is 0 Å². The van der Waals surface area contributed by atoms with Crippen LogP contribution in [0.1, 0.15) is 18.6 Å². The molecule has 1 aromatic heterocycles. The molecular weight excluding hydrogens is 194 g/mol. The van der Waals surface area contributed by atoms with Crippen LogP contribution in [0.2, 0.25) is 0 Å². The molecule has 1 amide bonds. The van der Waals surface area contributed by atoms with E-state index in [0.29, 0.717) is 13.2 Å². The summed E-state index contributed by atoms with van der Waals surface area (Å²) in [6.07, 6.45) is 3.18. The number of ether oxygens (including phenoxy) is 1. The molecule has 2 rings (SSSR count). The summed E-state index contributed by atoms with van der Waals surface area (Å²) in [7, 11) is 1.77. The molecule has 0 saturated carbocycles. The van der Waals surface area contributed by atoms with Crippen LogP contribution in [0.15, 0.2) is 22.8 Å². The minimum atomic E-state index is -0.245. The Balaban J connectivity index is 1.89. The molecule has 1 fully saturated rings. The minimum Gasteiger partial charge on any atom is -0.467 e. The standard InChI is InChI=1S/C11H15NO3/c1-12(8-9-4-2-6-14-9)11(13)10-5-3-7-15-10/h2,4,6,10H,3,5,7-8H2,1H3/t10-/m0/s1. The molecule has 1 saturated heterocycles. The van der Waals surface area contributed by atoms with E-state index in [1.807, 2.05) is 12.1 Å². The van der Waals surface area contributed by atoms with Crippen LogP contribution in [-0.2, 0) is 16.1 Å². The highest BCUT2D eigenvalue weighted by molar-refractivity contribution is 5.80. The zero-order valence-electron chi connectivity index (χ0n) is 8.81. The third kappa shape index (κ3) is 2.39. The maximum absolute atomic E-state index is 11.8. The maximum atomic E-state index is 11.8. The number of hydrogen-bond acceptors (Lipinski definition) is 3. The van der Waals surface area contributed by atoms with E-state index in [-0.39, 0.29) is 12.0 Å². The number of nitrogens with zero attached hydrogens (tertiary/aromatic N) is 1. The van der Waals surface area contributed by atoms with Gasteiger partial charge in [0.2, 0.25) is 0 Å². The first-order valence-corrected chi connectivity index (χ1v) is 5.16. The predicted octanol–water partition coefficient (Wildman–Crippen LogP) is 1.42. The van der Waals surface area contributed by atoms with Crippen molar-refractivity contribution in [3.8, 4) is 0 Å². The highest BCUT2D eigenvalue weighted by Gasteiger charge is 2.26. The summed E-state index contributed by atoms with van der Waals surface area (Å²) >= 11 is 0. The fourth-order valence-corrected chi connectivity index (χ4v) is 1.73. The van der Waals surface area contributed by atoms with Crippen molar-refractivity contribution in [1.29, 1.82) is 0 Å². The fourth-order valence-electron chi connectivity index (χ4n) is 1.73. The van der Waals surface area contributed by atoms with Gasteiger partial charge in [-0.3, -0.25) is 4.79 Å². The lowest BCUT2D eigenvalue weighted by molar-refractivity contribution is -0.140. The van der Waals surface area contributed by atoms with Crippen LogP contribution >= 0.6 is 0 Å². The van der Waals surface area contributed by atoms with E-state index in [1.54, 1.807) is 18.2 Å². The average molecular weight is 209 g/mol. The molecule has 0 aliphatic carbocycles. The van der Waals surface area contributed by atoms with Gasteiger partial charge < -0.3 is 14.1 Å². The van der Waals surface area contributed by atoms with Gasteiger partial charge in [-0.1, -0.05) is 0 Å². The van der Waals surface area contributed by atoms with E-state index in [1.165, 1.54) is 0 Å². The van der Waals surface area contributed by atoms with Crippen molar-refractivity contribution in [2.75, 3.05) is 13.7 Å². The quantitative estimate of drug-likeness (QED) is 0.756. The molecule has 0 radical (unpaired) electrons. The SMILES string of the molecule is CN(Cc1ccco1)C(=O)[C@@H]1CCCO1. The number of rotatable bonds is 3. The van der Waals surface area contributed by atoms with E-state index in [9.17, 15) is 4.79 Å². The molecule has 1 aliphatic rings. The molecule has 4 nitrogen and oxygen atoms in total. The van der Waals surface area contributed by atoms with Crippen molar-refractivity contribution in [2.45, 2.75) is 25.5 Å². The predicted molar refractivity (Wildman–Crippen MR) is 54.2 cm³/mol. The second-order valence-electron chi connectivity index (χ2n) is 3.78. The molecule has 0 bridgehead atoms. The average Bonchev–Trinajstić information content (AvgIpc) is 2.88. The zero-order valence-corrected chi connectivity index (χ0v) is 8.81. The van der Waals surface area contributed by atoms with Crippen molar-refractivity contribution < 1.29 is 13.9 Å². The Morgan fingerprint density at radius 1 is 1.67 bits per heavy atom. The van der Waals surface area contributed by atoms with Crippen molar-refractivity contribution in [3.05, 3.63) is 24.2 Å². The normalized spacial score (nSPS) is 20.5. The van der Waals surface area contributed by atoms with Gasteiger partial charge >= 0.3 is 0 Å². The summed E-state index contributed by atoms with van der Waals surface area (Å²) in [5, 5.41) is 0. The second kappa shape index (κ2) is 4.49. The minimum absolute atomic E-state index is 0.0453. The lowest BCUT2D eigenvalue weighted by Crippen LogP contribution is -2.35. The third-order valence-corrected chi connectivity index (χ3v) is 2.55. The van der Waals surface area contributed by atoms with E-state index in [2.05, 4.69) is 0 Å². The molecule has 1 atom stereocenters. The Morgan fingerprint density at radius 3 is 3.13 bits per heavy atom. The van der Waals surface area contributed by atoms with Gasteiger partial charge in [0.25, 0.3) is 5.91 Å². The molecule has 1 aromatic rings. The fraction of sp³-hybridized carbons (Fsp3) is 0.545. The van der Waals surface area contributed by atoms with Crippen LogP contribution in [0.3, 0.4) is 0 Å². The van der Waals surface area contributed by atoms with E-state index < -0.39 is 0 Å². The number of hydrogen-bond donors (Lipinski definition) is 0. The van der Waals surface area contributed by atoms with Crippen LogP contribution in [0.4, 0.5) is 0 Å². The summed E-state index contributed by atoms with van der Waals surface area (Å²) < 4.78 is 10.5. The number of amides is 1. The number of carbonyl (C=O) groups is 1. The van der Waals surface area contributed by atoms with Gasteiger partial charge in [0, 0.05) is 13.7 Å². The summed E-state index contributed by atoms with van der Waals surface area (Å²) in [4.78, 5) is 13.5. The first-order chi connectivity index (χ1) is 7.27. The van der Waals surface area contributed by atoms with Gasteiger partial charge in [-0.15, -0.1) is 0 Å². The topological polar surface area (TPSA) is 42.7 Å². The van der Waals surface area contributed by atoms with Crippen molar-refractivity contribution in [2.24, 2.45) is 0 Å². The first kappa shape index (κ1) is 10.2. The molecule has 2 heterocycles. The van der Waals surface area contributed by atoms with Crippen molar-refractivity contribution >= 4 is 5.91 Å². The largest absolute Gasteiger partial charge is 0.467 e. The van der Waals surface area contributed by atoms with Crippen molar-refractivity contribution in [1.82, 2.24) is 4.90 Å². The molecule has 0 spiro atoms. The first-order valence-electron chi connectivity index (χ1n) is 5.16. The number of carbonyl (C=O) groups excluding carboxylic acids is 1. The van der Waals surface area contributed by atoms with Crippen LogP contribution in [0, 0.1) is 0 Å². The molecule has 0 unspecified atom stereocenters. The molecule has 0 aromatic carbocycles. The molecule has 1 aliphatic heterocycles. The van der Waals surface area contributed by atoms with Gasteiger partial charge in [-0.25, -0.2) is 0 Å². The Morgan fingerprint density at radius 2 is 2.53 bits per heavy atom. The Hall–Kier alpha value is -1.29. The second-order valence-corrected chi connectivity index (χ2v) is 3.78. The van der Waals surface area contributed by atoms with Gasteiger partial charge in [-0.05, 0) is 25.0 Å². The Labute approximate surface area is 88.8 Å². The van der Waals surface area contributed by atoms with Gasteiger partial charge in [0.05, 0.1) is 12.8 Å². The van der Waals surface area contributed by atoms with Gasteiger partial charge in [0.1, 0.15) is 11.9 Å². The number of furan rings is 1. The maximum Gasteiger partial charge on any atom is 0.251 e. The van der Waals surface area contributed by atoms with Gasteiger partial charge in [0.15, 0.2) is 0 Å². The zero-order chi connectivity index (χ0) is 10.7. The van der Waals surface area contributed by atoms with Crippen LogP contribution in [-0.4, -0.2) is 30.6 Å². The highest BCUT2D eigenvalue weighted by atomic mass is 16.5. The molecule has 15 heavy (non-hydrogen) atoms. The summed E-state index contributed by atoms with van der Waals surface area (Å²) in [6.45, 7) is 1.21.